The van der Waals surface area contributed by atoms with Crippen LogP contribution in [-0.4, -0.2) is 9.55 Å². The first-order valence-corrected chi connectivity index (χ1v) is 9.97. The summed E-state index contributed by atoms with van der Waals surface area (Å²) in [5.41, 5.74) is 8.90. The summed E-state index contributed by atoms with van der Waals surface area (Å²) >= 11 is 0. The standard InChI is InChI=1S/C23H24N2.ClH/c1-2-17-7-8-18-13-16(12-15-4-5-15)6-9-21(18)25-22-10-11-24-14-20(22)19(3-1)23(17)25;/h2,7-8,10-11,14-16H,1,3-6,9,12-13H2;1H. The Labute approximate surface area is 161 Å². The molecule has 2 nitrogen and oxygen atoms in total. The Hall–Kier alpha value is -1.80. The second kappa shape index (κ2) is 6.13. The quantitative estimate of drug-likeness (QED) is 0.623. The average Bonchev–Trinajstić information content (AvgIpc) is 3.42. The van der Waals surface area contributed by atoms with Crippen molar-refractivity contribution in [3.63, 3.8) is 0 Å². The zero-order valence-corrected chi connectivity index (χ0v) is 15.9. The molecule has 4 aliphatic rings. The molecular formula is C23H25ClN2. The fourth-order valence-electron chi connectivity index (χ4n) is 5.32. The molecule has 0 bridgehead atoms. The van der Waals surface area contributed by atoms with E-state index in [-0.39, 0.29) is 12.4 Å². The van der Waals surface area contributed by atoms with E-state index in [4.69, 9.17) is 0 Å². The van der Waals surface area contributed by atoms with Crippen molar-refractivity contribution in [3.05, 3.63) is 53.5 Å². The van der Waals surface area contributed by atoms with Gasteiger partial charge >= 0.3 is 0 Å². The number of allylic oxidation sites excluding steroid dienone is 6. The third-order valence-electron chi connectivity index (χ3n) is 6.67. The van der Waals surface area contributed by atoms with Gasteiger partial charge in [-0.15, -0.1) is 12.4 Å². The molecule has 134 valence electrons. The van der Waals surface area contributed by atoms with Crippen LogP contribution >= 0.6 is 12.4 Å². The number of hydrogen-bond donors (Lipinski definition) is 0. The maximum absolute atomic E-state index is 4.43. The van der Waals surface area contributed by atoms with Gasteiger partial charge in [0.1, 0.15) is 0 Å². The van der Waals surface area contributed by atoms with Crippen molar-refractivity contribution in [2.45, 2.75) is 51.4 Å². The maximum Gasteiger partial charge on any atom is 0.0567 e. The first kappa shape index (κ1) is 16.4. The maximum atomic E-state index is 4.43. The SMILES string of the molecule is C1=CC2=C(CCC(CC3CC3)C2)n2c3c(c4cnccc42)CCC=C13.Cl. The van der Waals surface area contributed by atoms with Crippen molar-refractivity contribution in [1.82, 2.24) is 9.55 Å². The molecule has 2 aromatic rings. The van der Waals surface area contributed by atoms with E-state index >= 15 is 0 Å². The summed E-state index contributed by atoms with van der Waals surface area (Å²) in [6.07, 6.45) is 21.9. The number of pyridine rings is 1. The number of rotatable bonds is 2. The molecule has 0 amide bonds. The highest BCUT2D eigenvalue weighted by Crippen LogP contribution is 2.46. The lowest BCUT2D eigenvalue weighted by atomic mass is 9.83. The van der Waals surface area contributed by atoms with E-state index in [1.165, 1.54) is 66.3 Å². The Balaban J connectivity index is 0.00000150. The van der Waals surface area contributed by atoms with Gasteiger partial charge in [-0.3, -0.25) is 4.98 Å². The van der Waals surface area contributed by atoms with Crippen molar-refractivity contribution in [3.8, 4) is 0 Å². The van der Waals surface area contributed by atoms with E-state index in [0.717, 1.165) is 24.7 Å². The summed E-state index contributed by atoms with van der Waals surface area (Å²) in [6.45, 7) is 0. The fourth-order valence-corrected chi connectivity index (χ4v) is 5.32. The van der Waals surface area contributed by atoms with Gasteiger partial charge in [-0.05, 0) is 73.1 Å². The van der Waals surface area contributed by atoms with Crippen LogP contribution in [0.4, 0.5) is 0 Å². The van der Waals surface area contributed by atoms with Crippen molar-refractivity contribution in [2.75, 3.05) is 0 Å². The Bertz CT molecular complexity index is 971. The molecular weight excluding hydrogens is 340 g/mol. The molecule has 1 aliphatic heterocycles. The van der Waals surface area contributed by atoms with Crippen LogP contribution in [-0.2, 0) is 6.42 Å². The summed E-state index contributed by atoms with van der Waals surface area (Å²) in [6, 6.07) is 2.22. The summed E-state index contributed by atoms with van der Waals surface area (Å²) in [5, 5.41) is 1.37. The predicted octanol–water partition coefficient (Wildman–Crippen LogP) is 6.17. The number of hydrogen-bond acceptors (Lipinski definition) is 1. The molecule has 26 heavy (non-hydrogen) atoms. The van der Waals surface area contributed by atoms with E-state index < -0.39 is 0 Å². The summed E-state index contributed by atoms with van der Waals surface area (Å²) in [7, 11) is 0. The Morgan fingerprint density at radius 3 is 2.88 bits per heavy atom. The Morgan fingerprint density at radius 1 is 1.08 bits per heavy atom. The molecule has 2 aromatic heterocycles. The summed E-state index contributed by atoms with van der Waals surface area (Å²) in [4.78, 5) is 4.43. The Morgan fingerprint density at radius 2 is 2.00 bits per heavy atom. The first-order valence-electron chi connectivity index (χ1n) is 9.97. The van der Waals surface area contributed by atoms with Gasteiger partial charge in [-0.2, -0.15) is 0 Å². The van der Waals surface area contributed by atoms with Gasteiger partial charge in [0.05, 0.1) is 11.2 Å². The molecule has 3 aliphatic carbocycles. The topological polar surface area (TPSA) is 17.8 Å². The van der Waals surface area contributed by atoms with E-state index in [1.54, 1.807) is 11.3 Å². The largest absolute Gasteiger partial charge is 0.312 e. The minimum atomic E-state index is 0. The molecule has 1 fully saturated rings. The zero-order chi connectivity index (χ0) is 16.4. The van der Waals surface area contributed by atoms with Gasteiger partial charge in [-0.25, -0.2) is 0 Å². The van der Waals surface area contributed by atoms with E-state index in [0.29, 0.717) is 0 Å². The smallest absolute Gasteiger partial charge is 0.0567 e. The van der Waals surface area contributed by atoms with Crippen LogP contribution in [0.5, 0.6) is 0 Å². The molecule has 3 heterocycles. The van der Waals surface area contributed by atoms with Gasteiger partial charge in [0.15, 0.2) is 0 Å². The lowest BCUT2D eigenvalue weighted by Crippen LogP contribution is -2.14. The second-order valence-corrected chi connectivity index (χ2v) is 8.35. The van der Waals surface area contributed by atoms with Gasteiger partial charge < -0.3 is 4.57 Å². The normalized spacial score (nSPS) is 23.8. The molecule has 3 heteroatoms. The molecule has 1 unspecified atom stereocenters. The third kappa shape index (κ3) is 2.42. The van der Waals surface area contributed by atoms with Crippen LogP contribution in [0.3, 0.4) is 0 Å². The molecule has 0 saturated heterocycles. The first-order chi connectivity index (χ1) is 12.4. The summed E-state index contributed by atoms with van der Waals surface area (Å²) < 4.78 is 2.60. The molecule has 6 rings (SSSR count). The third-order valence-corrected chi connectivity index (χ3v) is 6.67. The van der Waals surface area contributed by atoms with Gasteiger partial charge in [-0.1, -0.05) is 31.1 Å². The molecule has 1 atom stereocenters. The number of aryl methyl sites for hydroxylation is 1. The lowest BCUT2D eigenvalue weighted by Gasteiger charge is -2.27. The predicted molar refractivity (Wildman–Crippen MR) is 110 cm³/mol. The zero-order valence-electron chi connectivity index (χ0n) is 15.1. The van der Waals surface area contributed by atoms with E-state index in [9.17, 15) is 0 Å². The second-order valence-electron chi connectivity index (χ2n) is 8.35. The number of nitrogens with zero attached hydrogens (tertiary/aromatic N) is 2. The minimum Gasteiger partial charge on any atom is -0.312 e. The molecule has 0 radical (unpaired) electrons. The van der Waals surface area contributed by atoms with Crippen LogP contribution < -0.4 is 0 Å². The molecule has 1 saturated carbocycles. The molecule has 0 spiro atoms. The van der Waals surface area contributed by atoms with Gasteiger partial charge in [0.25, 0.3) is 0 Å². The minimum absolute atomic E-state index is 0. The number of fused-ring (bicyclic) bond motifs is 4. The van der Waals surface area contributed by atoms with Crippen LogP contribution in [0.2, 0.25) is 0 Å². The van der Waals surface area contributed by atoms with Crippen molar-refractivity contribution in [2.24, 2.45) is 11.8 Å². The highest BCUT2D eigenvalue weighted by atomic mass is 35.5. The average molecular weight is 365 g/mol. The fraction of sp³-hybridized carbons (Fsp3) is 0.435. The monoisotopic (exact) mass is 364 g/mol. The number of aromatic nitrogens is 2. The molecule has 0 aromatic carbocycles. The lowest BCUT2D eigenvalue weighted by molar-refractivity contribution is 0.414. The van der Waals surface area contributed by atoms with Crippen LogP contribution in [0, 0.1) is 11.8 Å². The van der Waals surface area contributed by atoms with Crippen LogP contribution in [0.1, 0.15) is 56.2 Å². The van der Waals surface area contributed by atoms with Gasteiger partial charge in [0, 0.05) is 23.5 Å². The van der Waals surface area contributed by atoms with Crippen molar-refractivity contribution in [1.29, 1.82) is 0 Å². The Kier molecular flexibility index (Phi) is 3.86. The van der Waals surface area contributed by atoms with Crippen molar-refractivity contribution >= 4 is 34.6 Å². The number of halogens is 1. The van der Waals surface area contributed by atoms with Crippen LogP contribution in [0.25, 0.3) is 22.2 Å². The van der Waals surface area contributed by atoms with E-state index in [2.05, 4.69) is 40.0 Å². The van der Waals surface area contributed by atoms with Crippen LogP contribution in [0.15, 0.2) is 42.3 Å². The van der Waals surface area contributed by atoms with E-state index in [1.807, 2.05) is 6.20 Å². The highest BCUT2D eigenvalue weighted by molar-refractivity contribution is 5.96. The highest BCUT2D eigenvalue weighted by Gasteiger charge is 2.32. The summed E-state index contributed by atoms with van der Waals surface area (Å²) in [5.74, 6) is 1.94. The van der Waals surface area contributed by atoms with Crippen molar-refractivity contribution < 1.29 is 0 Å². The molecule has 0 N–H and O–H groups in total. The van der Waals surface area contributed by atoms with Gasteiger partial charge in [0.2, 0.25) is 0 Å².